The number of aromatic nitrogens is 1. The molecule has 1 aromatic heterocycles. The van der Waals surface area contributed by atoms with Gasteiger partial charge in [-0.25, -0.2) is 22.3 Å². The van der Waals surface area contributed by atoms with Gasteiger partial charge < -0.3 is 9.84 Å². The predicted molar refractivity (Wildman–Crippen MR) is 120 cm³/mol. The van der Waals surface area contributed by atoms with Gasteiger partial charge in [-0.1, -0.05) is 24.3 Å². The molecule has 4 rings (SSSR count). The second-order valence-corrected chi connectivity index (χ2v) is 9.57. The third kappa shape index (κ3) is 5.04. The van der Waals surface area contributed by atoms with Crippen LogP contribution in [0.2, 0.25) is 0 Å². The van der Waals surface area contributed by atoms with Gasteiger partial charge in [-0.15, -0.1) is 0 Å². The number of benzene rings is 2. The minimum atomic E-state index is -3.82. The number of ether oxygens (including phenoxy) is 1. The number of carboxylic acid groups (broad SMARTS) is 1. The number of rotatable bonds is 7. The van der Waals surface area contributed by atoms with Gasteiger partial charge in [0.25, 0.3) is 0 Å². The Labute approximate surface area is 191 Å². The number of halogens is 1. The number of carbonyl (C=O) groups is 1. The number of aliphatic carboxylic acids is 1. The van der Waals surface area contributed by atoms with Gasteiger partial charge in [-0.3, -0.25) is 4.98 Å². The molecule has 1 heterocycles. The first kappa shape index (κ1) is 22.9. The zero-order valence-electron chi connectivity index (χ0n) is 17.9. The molecule has 3 aromatic rings. The van der Waals surface area contributed by atoms with Crippen LogP contribution in [0.1, 0.15) is 35.7 Å². The van der Waals surface area contributed by atoms with Crippen LogP contribution in [0.4, 0.5) is 4.39 Å². The monoisotopic (exact) mass is 470 g/mol. The number of nitrogens with one attached hydrogen (secondary N) is 1. The van der Waals surface area contributed by atoms with E-state index in [-0.39, 0.29) is 10.6 Å². The Morgan fingerprint density at radius 2 is 1.94 bits per heavy atom. The molecule has 1 aliphatic rings. The fraction of sp³-hybridized carbons (Fsp3) is 0.250. The number of sulfonamides is 1. The summed E-state index contributed by atoms with van der Waals surface area (Å²) in [5.74, 6) is -1.01. The van der Waals surface area contributed by atoms with Gasteiger partial charge in [0.05, 0.1) is 16.3 Å². The van der Waals surface area contributed by atoms with E-state index in [1.54, 1.807) is 37.3 Å². The molecule has 7 nitrogen and oxygen atoms in total. The summed E-state index contributed by atoms with van der Waals surface area (Å²) in [6.45, 7) is 1.11. The number of hydrogen-bond donors (Lipinski definition) is 2. The van der Waals surface area contributed by atoms with Gasteiger partial charge in [0, 0.05) is 11.6 Å². The summed E-state index contributed by atoms with van der Waals surface area (Å²) in [5, 5.41) is 8.89. The fourth-order valence-electron chi connectivity index (χ4n) is 3.98. The largest absolute Gasteiger partial charge is 0.482 e. The van der Waals surface area contributed by atoms with Crippen molar-refractivity contribution in [3.8, 4) is 17.0 Å². The Morgan fingerprint density at radius 1 is 1.18 bits per heavy atom. The summed E-state index contributed by atoms with van der Waals surface area (Å²) in [7, 11) is -3.82. The van der Waals surface area contributed by atoms with Crippen molar-refractivity contribution in [2.24, 2.45) is 0 Å². The number of carboxylic acids is 1. The summed E-state index contributed by atoms with van der Waals surface area (Å²) < 4.78 is 47.8. The smallest absolute Gasteiger partial charge is 0.341 e. The van der Waals surface area contributed by atoms with Gasteiger partial charge >= 0.3 is 5.97 Å². The summed E-state index contributed by atoms with van der Waals surface area (Å²) in [4.78, 5) is 15.2. The maximum Gasteiger partial charge on any atom is 0.341 e. The molecule has 9 heteroatoms. The molecule has 0 bridgehead atoms. The van der Waals surface area contributed by atoms with Crippen LogP contribution >= 0.6 is 0 Å². The topological polar surface area (TPSA) is 106 Å². The third-order valence-corrected chi connectivity index (χ3v) is 7.08. The summed E-state index contributed by atoms with van der Waals surface area (Å²) >= 11 is 0. The van der Waals surface area contributed by atoms with E-state index in [9.17, 15) is 17.6 Å². The lowest BCUT2D eigenvalue weighted by atomic mass is 9.87. The molecule has 172 valence electrons. The van der Waals surface area contributed by atoms with E-state index in [0.29, 0.717) is 29.8 Å². The minimum absolute atomic E-state index is 0.107. The van der Waals surface area contributed by atoms with E-state index in [4.69, 9.17) is 9.84 Å². The highest BCUT2D eigenvalue weighted by Gasteiger charge is 2.27. The van der Waals surface area contributed by atoms with Gasteiger partial charge in [0.1, 0.15) is 11.6 Å². The van der Waals surface area contributed by atoms with E-state index in [0.717, 1.165) is 17.5 Å². The molecule has 2 N–H and O–H groups in total. The first-order valence-corrected chi connectivity index (χ1v) is 12.0. The number of nitrogens with zero attached hydrogens (tertiary/aromatic N) is 1. The SMILES string of the molecule is Cc1nc(-c2ccc(S(=O)(=O)NC3CCCc4c(OCC(=O)O)cccc43)cc2)ccc1F. The maximum atomic E-state index is 13.5. The van der Waals surface area contributed by atoms with E-state index in [2.05, 4.69) is 9.71 Å². The van der Waals surface area contributed by atoms with Crippen LogP contribution in [0.3, 0.4) is 0 Å². The summed E-state index contributed by atoms with van der Waals surface area (Å²) in [6.07, 6.45) is 2.04. The lowest BCUT2D eigenvalue weighted by Crippen LogP contribution is -2.31. The highest BCUT2D eigenvalue weighted by molar-refractivity contribution is 7.89. The molecule has 0 saturated carbocycles. The molecule has 0 fully saturated rings. The highest BCUT2D eigenvalue weighted by atomic mass is 32.2. The van der Waals surface area contributed by atoms with E-state index < -0.39 is 34.5 Å². The van der Waals surface area contributed by atoms with Crippen molar-refractivity contribution in [2.45, 2.75) is 37.1 Å². The predicted octanol–water partition coefficient (Wildman–Crippen LogP) is 4.02. The standard InChI is InChI=1S/C24H23FN2O5S/c1-15-20(25)12-13-21(26-15)16-8-10-17(11-9-16)33(30,31)27-22-6-2-5-19-18(22)4-3-7-23(19)32-14-24(28)29/h3-4,7-13,22,27H,2,5-6,14H2,1H3,(H,28,29). The molecule has 2 aromatic carbocycles. The third-order valence-electron chi connectivity index (χ3n) is 5.59. The number of pyridine rings is 1. The second-order valence-electron chi connectivity index (χ2n) is 7.86. The molecule has 0 spiro atoms. The van der Waals surface area contributed by atoms with E-state index in [1.165, 1.54) is 18.2 Å². The zero-order chi connectivity index (χ0) is 23.6. The first-order valence-electron chi connectivity index (χ1n) is 10.5. The van der Waals surface area contributed by atoms with Crippen molar-refractivity contribution < 1.29 is 27.4 Å². The number of hydrogen-bond acceptors (Lipinski definition) is 5. The molecule has 0 amide bonds. The van der Waals surface area contributed by atoms with Gasteiger partial charge in [0.2, 0.25) is 10.0 Å². The molecular weight excluding hydrogens is 447 g/mol. The first-order chi connectivity index (χ1) is 15.7. The Kier molecular flexibility index (Phi) is 6.44. The van der Waals surface area contributed by atoms with Crippen LogP contribution in [0.15, 0.2) is 59.5 Å². The van der Waals surface area contributed by atoms with Crippen molar-refractivity contribution in [3.05, 3.63) is 77.2 Å². The second kappa shape index (κ2) is 9.29. The van der Waals surface area contributed by atoms with Crippen LogP contribution in [-0.4, -0.2) is 31.1 Å². The van der Waals surface area contributed by atoms with Crippen molar-refractivity contribution >= 4 is 16.0 Å². The van der Waals surface area contributed by atoms with E-state index >= 15 is 0 Å². The molecular formula is C24H23FN2O5S. The number of fused-ring (bicyclic) bond motifs is 1. The average molecular weight is 471 g/mol. The normalized spacial score (nSPS) is 15.6. The van der Waals surface area contributed by atoms with E-state index in [1.807, 2.05) is 6.07 Å². The molecule has 33 heavy (non-hydrogen) atoms. The van der Waals surface area contributed by atoms with Crippen LogP contribution in [0, 0.1) is 12.7 Å². The lowest BCUT2D eigenvalue weighted by Gasteiger charge is -2.27. The molecule has 0 aliphatic heterocycles. The van der Waals surface area contributed by atoms with Crippen molar-refractivity contribution in [3.63, 3.8) is 0 Å². The quantitative estimate of drug-likeness (QED) is 0.540. The zero-order valence-corrected chi connectivity index (χ0v) is 18.7. The molecule has 1 atom stereocenters. The minimum Gasteiger partial charge on any atom is -0.482 e. The van der Waals surface area contributed by atoms with Crippen molar-refractivity contribution in [1.29, 1.82) is 0 Å². The Hall–Kier alpha value is -3.30. The molecule has 1 unspecified atom stereocenters. The maximum absolute atomic E-state index is 13.5. The summed E-state index contributed by atoms with van der Waals surface area (Å²) in [5.41, 5.74) is 3.12. The molecule has 1 aliphatic carbocycles. The Balaban J connectivity index is 1.55. The summed E-state index contributed by atoms with van der Waals surface area (Å²) in [6, 6.07) is 14.0. The van der Waals surface area contributed by atoms with Gasteiger partial charge in [0.15, 0.2) is 6.61 Å². The lowest BCUT2D eigenvalue weighted by molar-refractivity contribution is -0.139. The van der Waals surface area contributed by atoms with Crippen LogP contribution < -0.4 is 9.46 Å². The van der Waals surface area contributed by atoms with Gasteiger partial charge in [-0.05, 0) is 67.6 Å². The molecule has 0 radical (unpaired) electrons. The highest BCUT2D eigenvalue weighted by Crippen LogP contribution is 2.36. The number of aryl methyl sites for hydroxylation is 1. The van der Waals surface area contributed by atoms with Crippen LogP contribution in [0.25, 0.3) is 11.3 Å². The fourth-order valence-corrected chi connectivity index (χ4v) is 5.23. The van der Waals surface area contributed by atoms with Crippen molar-refractivity contribution in [2.75, 3.05) is 6.61 Å². The van der Waals surface area contributed by atoms with Crippen molar-refractivity contribution in [1.82, 2.24) is 9.71 Å². The van der Waals surface area contributed by atoms with Gasteiger partial charge in [-0.2, -0.15) is 0 Å². The Morgan fingerprint density at radius 3 is 2.64 bits per heavy atom. The van der Waals surface area contributed by atoms with Crippen LogP contribution in [0.5, 0.6) is 5.75 Å². The Bertz CT molecular complexity index is 1290. The van der Waals surface area contributed by atoms with Crippen LogP contribution in [-0.2, 0) is 21.2 Å². The molecule has 0 saturated heterocycles. The average Bonchev–Trinajstić information content (AvgIpc) is 2.79.